The molecule has 1 aromatic rings. The quantitative estimate of drug-likeness (QED) is 0.796. The molecule has 1 rings (SSSR count). The number of hydrogen-bond acceptors (Lipinski definition) is 2. The highest BCUT2D eigenvalue weighted by Crippen LogP contribution is 2.16. The van der Waals surface area contributed by atoms with Crippen LogP contribution in [0.3, 0.4) is 0 Å². The van der Waals surface area contributed by atoms with Crippen LogP contribution in [0.2, 0.25) is 0 Å². The second-order valence-electron chi connectivity index (χ2n) is 4.00. The Bertz CT molecular complexity index is 366. The number of nitrogens with one attached hydrogen (secondary N) is 1. The topological polar surface area (TPSA) is 49.3 Å². The summed E-state index contributed by atoms with van der Waals surface area (Å²) in [7, 11) is 0. The zero-order chi connectivity index (χ0) is 12.1. The number of aromatic hydroxyl groups is 1. The molecule has 0 bridgehead atoms. The summed E-state index contributed by atoms with van der Waals surface area (Å²) >= 11 is 5.76. The van der Waals surface area contributed by atoms with Crippen LogP contribution in [0, 0.1) is 5.92 Å². The minimum atomic E-state index is -0.294. The number of benzene rings is 1. The van der Waals surface area contributed by atoms with Gasteiger partial charge in [0.15, 0.2) is 0 Å². The molecule has 4 heteroatoms. The SMILES string of the molecule is CC(C)C(CCl)NC(=O)c1ccccc1O. The van der Waals surface area contributed by atoms with Crippen LogP contribution in [0.5, 0.6) is 5.75 Å². The Morgan fingerprint density at radius 2 is 2.06 bits per heavy atom. The van der Waals surface area contributed by atoms with Crippen molar-refractivity contribution in [1.82, 2.24) is 5.32 Å². The molecule has 1 unspecified atom stereocenters. The summed E-state index contributed by atoms with van der Waals surface area (Å²) in [5.74, 6) is 0.304. The number of amides is 1. The van der Waals surface area contributed by atoms with Gasteiger partial charge in [-0.1, -0.05) is 26.0 Å². The van der Waals surface area contributed by atoms with Gasteiger partial charge < -0.3 is 10.4 Å². The maximum atomic E-state index is 11.8. The standard InChI is InChI=1S/C12H16ClNO2/c1-8(2)10(7-13)14-12(16)9-5-3-4-6-11(9)15/h3-6,8,10,15H,7H2,1-2H3,(H,14,16). The molecule has 1 atom stereocenters. The van der Waals surface area contributed by atoms with Gasteiger partial charge in [0.2, 0.25) is 0 Å². The van der Waals surface area contributed by atoms with E-state index in [9.17, 15) is 9.90 Å². The summed E-state index contributed by atoms with van der Waals surface area (Å²) < 4.78 is 0. The zero-order valence-corrected chi connectivity index (χ0v) is 10.2. The van der Waals surface area contributed by atoms with E-state index in [-0.39, 0.29) is 29.2 Å². The summed E-state index contributed by atoms with van der Waals surface area (Å²) in [6, 6.07) is 6.36. The van der Waals surface area contributed by atoms with E-state index in [0.717, 1.165) is 0 Å². The Balaban J connectivity index is 2.76. The molecule has 0 heterocycles. The van der Waals surface area contributed by atoms with E-state index >= 15 is 0 Å². The molecule has 0 spiro atoms. The average molecular weight is 242 g/mol. The van der Waals surface area contributed by atoms with Crippen molar-refractivity contribution >= 4 is 17.5 Å². The fourth-order valence-corrected chi connectivity index (χ4v) is 1.73. The van der Waals surface area contributed by atoms with Crippen molar-refractivity contribution in [3.63, 3.8) is 0 Å². The molecule has 88 valence electrons. The van der Waals surface area contributed by atoms with E-state index in [1.54, 1.807) is 18.2 Å². The number of para-hydroxylation sites is 1. The Morgan fingerprint density at radius 3 is 2.56 bits per heavy atom. The lowest BCUT2D eigenvalue weighted by Gasteiger charge is -2.19. The third-order valence-corrected chi connectivity index (χ3v) is 2.77. The Kier molecular flexibility index (Phi) is 4.62. The van der Waals surface area contributed by atoms with Crippen LogP contribution in [0.4, 0.5) is 0 Å². The highest BCUT2D eigenvalue weighted by molar-refractivity contribution is 6.18. The molecular formula is C12H16ClNO2. The molecule has 0 fully saturated rings. The van der Waals surface area contributed by atoms with Crippen molar-refractivity contribution in [3.8, 4) is 5.75 Å². The first kappa shape index (κ1) is 12.8. The van der Waals surface area contributed by atoms with Crippen LogP contribution in [0.15, 0.2) is 24.3 Å². The summed E-state index contributed by atoms with van der Waals surface area (Å²) in [5.41, 5.74) is 0.276. The molecular weight excluding hydrogens is 226 g/mol. The minimum Gasteiger partial charge on any atom is -0.507 e. The molecule has 16 heavy (non-hydrogen) atoms. The van der Waals surface area contributed by atoms with Gasteiger partial charge in [0, 0.05) is 11.9 Å². The first-order valence-corrected chi connectivity index (χ1v) is 5.74. The van der Waals surface area contributed by atoms with E-state index in [4.69, 9.17) is 11.6 Å². The van der Waals surface area contributed by atoms with Gasteiger partial charge in [-0.05, 0) is 18.1 Å². The maximum absolute atomic E-state index is 11.8. The number of halogens is 1. The number of phenols is 1. The first-order chi connectivity index (χ1) is 7.56. The van der Waals surface area contributed by atoms with Crippen LogP contribution < -0.4 is 5.32 Å². The summed E-state index contributed by atoms with van der Waals surface area (Å²) in [6.07, 6.45) is 0. The number of hydrogen-bond donors (Lipinski definition) is 2. The lowest BCUT2D eigenvalue weighted by atomic mass is 10.1. The lowest BCUT2D eigenvalue weighted by Crippen LogP contribution is -2.39. The van der Waals surface area contributed by atoms with Crippen molar-refractivity contribution < 1.29 is 9.90 Å². The van der Waals surface area contributed by atoms with Crippen molar-refractivity contribution in [3.05, 3.63) is 29.8 Å². The fraction of sp³-hybridized carbons (Fsp3) is 0.417. The largest absolute Gasteiger partial charge is 0.507 e. The third-order valence-electron chi connectivity index (χ3n) is 2.44. The van der Waals surface area contributed by atoms with Crippen molar-refractivity contribution in [1.29, 1.82) is 0 Å². The predicted molar refractivity (Wildman–Crippen MR) is 64.9 cm³/mol. The molecule has 0 aromatic heterocycles. The summed E-state index contributed by atoms with van der Waals surface area (Å²) in [4.78, 5) is 11.8. The molecule has 0 saturated heterocycles. The molecule has 1 aromatic carbocycles. The molecule has 0 saturated carbocycles. The molecule has 0 aliphatic carbocycles. The number of carbonyl (C=O) groups excluding carboxylic acids is 1. The highest BCUT2D eigenvalue weighted by atomic mass is 35.5. The number of rotatable bonds is 4. The zero-order valence-electron chi connectivity index (χ0n) is 9.40. The molecule has 0 radical (unpaired) electrons. The van der Waals surface area contributed by atoms with Crippen molar-refractivity contribution in [2.45, 2.75) is 19.9 Å². The normalized spacial score (nSPS) is 12.5. The molecule has 1 amide bonds. The van der Waals surface area contributed by atoms with Gasteiger partial charge in [0.05, 0.1) is 5.56 Å². The van der Waals surface area contributed by atoms with Gasteiger partial charge in [-0.25, -0.2) is 0 Å². The Morgan fingerprint density at radius 1 is 1.44 bits per heavy atom. The first-order valence-electron chi connectivity index (χ1n) is 5.21. The second kappa shape index (κ2) is 5.75. The van der Waals surface area contributed by atoms with Crippen LogP contribution in [0.25, 0.3) is 0 Å². The van der Waals surface area contributed by atoms with Crippen LogP contribution in [-0.4, -0.2) is 22.9 Å². The Labute approximate surface area is 100 Å². The van der Waals surface area contributed by atoms with Crippen LogP contribution in [0.1, 0.15) is 24.2 Å². The van der Waals surface area contributed by atoms with E-state index in [2.05, 4.69) is 5.32 Å². The number of alkyl halides is 1. The molecule has 2 N–H and O–H groups in total. The van der Waals surface area contributed by atoms with Crippen molar-refractivity contribution in [2.24, 2.45) is 5.92 Å². The minimum absolute atomic E-state index is 0.0166. The summed E-state index contributed by atoms with van der Waals surface area (Å²) in [6.45, 7) is 3.97. The maximum Gasteiger partial charge on any atom is 0.255 e. The van der Waals surface area contributed by atoms with E-state index < -0.39 is 0 Å². The second-order valence-corrected chi connectivity index (χ2v) is 4.30. The monoisotopic (exact) mass is 241 g/mol. The summed E-state index contributed by atoms with van der Waals surface area (Å²) in [5, 5.41) is 12.3. The predicted octanol–water partition coefficient (Wildman–Crippen LogP) is 2.39. The molecule has 0 aliphatic heterocycles. The van der Waals surface area contributed by atoms with Crippen LogP contribution in [-0.2, 0) is 0 Å². The third kappa shape index (κ3) is 3.14. The fourth-order valence-electron chi connectivity index (χ4n) is 1.30. The lowest BCUT2D eigenvalue weighted by molar-refractivity contribution is 0.0928. The van der Waals surface area contributed by atoms with E-state index in [1.165, 1.54) is 6.07 Å². The van der Waals surface area contributed by atoms with Gasteiger partial charge in [0.25, 0.3) is 5.91 Å². The Hall–Kier alpha value is -1.22. The van der Waals surface area contributed by atoms with E-state index in [1.807, 2.05) is 13.8 Å². The average Bonchev–Trinajstić information content (AvgIpc) is 2.25. The van der Waals surface area contributed by atoms with Gasteiger partial charge in [-0.15, -0.1) is 11.6 Å². The van der Waals surface area contributed by atoms with Crippen molar-refractivity contribution in [2.75, 3.05) is 5.88 Å². The molecule has 0 aliphatic rings. The number of phenolic OH excluding ortho intramolecular Hbond substituents is 1. The smallest absolute Gasteiger partial charge is 0.255 e. The van der Waals surface area contributed by atoms with Gasteiger partial charge >= 0.3 is 0 Å². The van der Waals surface area contributed by atoms with Crippen LogP contribution >= 0.6 is 11.6 Å². The van der Waals surface area contributed by atoms with Gasteiger partial charge in [-0.3, -0.25) is 4.79 Å². The number of carbonyl (C=O) groups is 1. The molecule has 3 nitrogen and oxygen atoms in total. The van der Waals surface area contributed by atoms with E-state index in [0.29, 0.717) is 5.88 Å². The van der Waals surface area contributed by atoms with Gasteiger partial charge in [0.1, 0.15) is 5.75 Å². The highest BCUT2D eigenvalue weighted by Gasteiger charge is 2.17. The van der Waals surface area contributed by atoms with Gasteiger partial charge in [-0.2, -0.15) is 0 Å².